The molecule has 1 aliphatic rings. The van der Waals surface area contributed by atoms with Gasteiger partial charge in [0.25, 0.3) is 5.91 Å². The highest BCUT2D eigenvalue weighted by Gasteiger charge is 2.31. The monoisotopic (exact) mass is 330 g/mol. The summed E-state index contributed by atoms with van der Waals surface area (Å²) < 4.78 is 4.69. The van der Waals surface area contributed by atoms with Crippen LogP contribution >= 0.6 is 11.3 Å². The molecule has 5 nitrogen and oxygen atoms in total. The first kappa shape index (κ1) is 15.7. The van der Waals surface area contributed by atoms with Crippen LogP contribution in [0, 0.1) is 6.92 Å². The first-order chi connectivity index (χ1) is 11.1. The lowest BCUT2D eigenvalue weighted by Gasteiger charge is -2.24. The Hall–Kier alpha value is -2.21. The van der Waals surface area contributed by atoms with Crippen LogP contribution in [0.15, 0.2) is 30.6 Å². The lowest BCUT2D eigenvalue weighted by molar-refractivity contribution is 0.0600. The Kier molecular flexibility index (Phi) is 4.43. The van der Waals surface area contributed by atoms with E-state index in [2.05, 4.69) is 28.8 Å². The van der Waals surface area contributed by atoms with E-state index >= 15 is 0 Å². The Bertz CT molecular complexity index is 741. The number of aromatic nitrogens is 1. The van der Waals surface area contributed by atoms with Crippen molar-refractivity contribution in [2.24, 2.45) is 0 Å². The van der Waals surface area contributed by atoms with Crippen molar-refractivity contribution in [3.05, 3.63) is 51.5 Å². The molecular weight excluding hydrogens is 312 g/mol. The molecule has 0 N–H and O–H groups in total. The number of amides is 1. The number of methoxy groups -OCH3 is 1. The van der Waals surface area contributed by atoms with E-state index in [1.165, 1.54) is 29.3 Å². The molecule has 3 rings (SSSR count). The Morgan fingerprint density at radius 1 is 1.30 bits per heavy atom. The first-order valence-corrected chi connectivity index (χ1v) is 8.32. The van der Waals surface area contributed by atoms with Crippen LogP contribution in [0.25, 0.3) is 0 Å². The quantitative estimate of drug-likeness (QED) is 0.811. The number of thiophene rings is 1. The van der Waals surface area contributed by atoms with Gasteiger partial charge >= 0.3 is 5.97 Å². The van der Waals surface area contributed by atoms with Crippen molar-refractivity contribution in [1.29, 1.82) is 0 Å². The van der Waals surface area contributed by atoms with E-state index in [0.717, 1.165) is 19.4 Å². The Balaban J connectivity index is 1.86. The molecular formula is C17H18N2O3S. The number of nitrogens with zero attached hydrogens (tertiary/aromatic N) is 2. The predicted molar refractivity (Wildman–Crippen MR) is 87.6 cm³/mol. The van der Waals surface area contributed by atoms with E-state index in [1.807, 2.05) is 4.90 Å². The van der Waals surface area contributed by atoms with Gasteiger partial charge in [0, 0.05) is 28.7 Å². The lowest BCUT2D eigenvalue weighted by Crippen LogP contribution is -2.30. The second-order valence-electron chi connectivity index (χ2n) is 5.56. The lowest BCUT2D eigenvalue weighted by atomic mass is 10.1. The molecule has 0 spiro atoms. The van der Waals surface area contributed by atoms with E-state index in [9.17, 15) is 9.59 Å². The van der Waals surface area contributed by atoms with Gasteiger partial charge in [0.2, 0.25) is 0 Å². The minimum absolute atomic E-state index is 0.0863. The molecule has 0 bridgehead atoms. The van der Waals surface area contributed by atoms with Crippen LogP contribution < -0.4 is 0 Å². The minimum atomic E-state index is -0.487. The van der Waals surface area contributed by atoms with Gasteiger partial charge in [-0.1, -0.05) is 0 Å². The molecule has 120 valence electrons. The first-order valence-electron chi connectivity index (χ1n) is 7.51. The molecule has 0 aromatic carbocycles. The zero-order valence-electron chi connectivity index (χ0n) is 13.1. The largest absolute Gasteiger partial charge is 0.465 e. The molecule has 0 aliphatic carbocycles. The Morgan fingerprint density at radius 2 is 2.09 bits per heavy atom. The number of rotatable bonds is 3. The van der Waals surface area contributed by atoms with E-state index in [0.29, 0.717) is 11.1 Å². The standard InChI is InChI=1S/C17H18N2O3S/c1-11-5-6-15(23-11)14-4-3-7-19(14)16(20)12-8-13(10-18-9-12)17(21)22-2/h5-6,8-10,14H,3-4,7H2,1-2H3/t14-/m1/s1. The summed E-state index contributed by atoms with van der Waals surface area (Å²) in [6.45, 7) is 2.79. The average Bonchev–Trinajstić information content (AvgIpc) is 3.22. The number of pyridine rings is 1. The summed E-state index contributed by atoms with van der Waals surface area (Å²) in [6.07, 6.45) is 4.86. The number of hydrogen-bond donors (Lipinski definition) is 0. The highest BCUT2D eigenvalue weighted by Crippen LogP contribution is 2.36. The SMILES string of the molecule is COC(=O)c1cncc(C(=O)N2CCC[C@@H]2c2ccc(C)s2)c1. The molecule has 2 aromatic heterocycles. The van der Waals surface area contributed by atoms with Crippen molar-refractivity contribution in [2.45, 2.75) is 25.8 Å². The van der Waals surface area contributed by atoms with E-state index in [1.54, 1.807) is 17.4 Å². The molecule has 0 radical (unpaired) electrons. The maximum absolute atomic E-state index is 12.8. The number of esters is 1. The molecule has 1 fully saturated rings. The molecule has 1 saturated heterocycles. The van der Waals surface area contributed by atoms with Crippen molar-refractivity contribution < 1.29 is 14.3 Å². The highest BCUT2D eigenvalue weighted by molar-refractivity contribution is 7.12. The highest BCUT2D eigenvalue weighted by atomic mass is 32.1. The number of likely N-dealkylation sites (tertiary alicyclic amines) is 1. The summed E-state index contributed by atoms with van der Waals surface area (Å²) in [5.41, 5.74) is 0.717. The van der Waals surface area contributed by atoms with Gasteiger partial charge < -0.3 is 9.64 Å². The molecule has 1 amide bonds. The third kappa shape index (κ3) is 3.12. The maximum atomic E-state index is 12.8. The Labute approximate surface area is 138 Å². The van der Waals surface area contributed by atoms with Crippen molar-refractivity contribution in [3.63, 3.8) is 0 Å². The van der Waals surface area contributed by atoms with E-state index in [-0.39, 0.29) is 11.9 Å². The smallest absolute Gasteiger partial charge is 0.339 e. The van der Waals surface area contributed by atoms with E-state index in [4.69, 9.17) is 0 Å². The van der Waals surface area contributed by atoms with Gasteiger partial charge in [0.1, 0.15) is 0 Å². The van der Waals surface area contributed by atoms with Crippen molar-refractivity contribution in [2.75, 3.05) is 13.7 Å². The molecule has 6 heteroatoms. The minimum Gasteiger partial charge on any atom is -0.465 e. The molecule has 2 aromatic rings. The number of carbonyl (C=O) groups excluding carboxylic acids is 2. The Morgan fingerprint density at radius 3 is 2.78 bits per heavy atom. The third-order valence-corrected chi connectivity index (χ3v) is 5.11. The van der Waals surface area contributed by atoms with Crippen molar-refractivity contribution in [3.8, 4) is 0 Å². The zero-order chi connectivity index (χ0) is 16.4. The number of hydrogen-bond acceptors (Lipinski definition) is 5. The van der Waals surface area contributed by atoms with Crippen LogP contribution in [0.5, 0.6) is 0 Å². The zero-order valence-corrected chi connectivity index (χ0v) is 13.9. The number of carbonyl (C=O) groups is 2. The summed E-state index contributed by atoms with van der Waals surface area (Å²) in [5, 5.41) is 0. The van der Waals surface area contributed by atoms with Gasteiger partial charge in [-0.2, -0.15) is 0 Å². The van der Waals surface area contributed by atoms with Gasteiger partial charge in [-0.05, 0) is 38.0 Å². The average molecular weight is 330 g/mol. The molecule has 0 saturated carbocycles. The molecule has 0 unspecified atom stereocenters. The van der Waals surface area contributed by atoms with E-state index < -0.39 is 5.97 Å². The van der Waals surface area contributed by atoms with Crippen LogP contribution in [0.2, 0.25) is 0 Å². The molecule has 3 heterocycles. The maximum Gasteiger partial charge on any atom is 0.339 e. The summed E-state index contributed by atoms with van der Waals surface area (Å²) in [5.74, 6) is -0.573. The van der Waals surface area contributed by atoms with Crippen LogP contribution in [0.4, 0.5) is 0 Å². The van der Waals surface area contributed by atoms with Gasteiger partial charge in [-0.15, -0.1) is 11.3 Å². The van der Waals surface area contributed by atoms with Crippen LogP contribution in [0.1, 0.15) is 49.4 Å². The summed E-state index contributed by atoms with van der Waals surface area (Å²) in [4.78, 5) is 32.8. The van der Waals surface area contributed by atoms with Crippen molar-refractivity contribution >= 4 is 23.2 Å². The molecule has 1 aliphatic heterocycles. The fourth-order valence-electron chi connectivity index (χ4n) is 2.89. The van der Waals surface area contributed by atoms with Gasteiger partial charge in [-0.25, -0.2) is 4.79 Å². The van der Waals surface area contributed by atoms with Gasteiger partial charge in [-0.3, -0.25) is 9.78 Å². The number of ether oxygens (including phenoxy) is 1. The normalized spacial score (nSPS) is 17.3. The van der Waals surface area contributed by atoms with Gasteiger partial charge in [0.05, 0.1) is 24.3 Å². The fraction of sp³-hybridized carbons (Fsp3) is 0.353. The second-order valence-corrected chi connectivity index (χ2v) is 6.88. The summed E-state index contributed by atoms with van der Waals surface area (Å²) in [7, 11) is 1.31. The predicted octanol–water partition coefficient (Wildman–Crippen LogP) is 3.22. The fourth-order valence-corrected chi connectivity index (χ4v) is 3.92. The number of aryl methyl sites for hydroxylation is 1. The topological polar surface area (TPSA) is 59.5 Å². The van der Waals surface area contributed by atoms with Crippen LogP contribution in [-0.4, -0.2) is 35.4 Å². The third-order valence-electron chi connectivity index (χ3n) is 4.01. The molecule has 23 heavy (non-hydrogen) atoms. The van der Waals surface area contributed by atoms with Gasteiger partial charge in [0.15, 0.2) is 0 Å². The second kappa shape index (κ2) is 6.50. The van der Waals surface area contributed by atoms with Crippen LogP contribution in [0.3, 0.4) is 0 Å². The molecule has 1 atom stereocenters. The van der Waals surface area contributed by atoms with Crippen LogP contribution in [-0.2, 0) is 4.74 Å². The summed E-state index contributed by atoms with van der Waals surface area (Å²) >= 11 is 1.73. The summed E-state index contributed by atoms with van der Waals surface area (Å²) in [6, 6.07) is 5.85. The van der Waals surface area contributed by atoms with Crippen molar-refractivity contribution in [1.82, 2.24) is 9.88 Å².